The summed E-state index contributed by atoms with van der Waals surface area (Å²) in [5.74, 6) is -0.297. The van der Waals surface area contributed by atoms with Gasteiger partial charge in [-0.05, 0) is 37.6 Å². The van der Waals surface area contributed by atoms with Gasteiger partial charge in [-0.2, -0.15) is 8.78 Å². The van der Waals surface area contributed by atoms with Crippen LogP contribution in [-0.4, -0.2) is 25.6 Å². The van der Waals surface area contributed by atoms with Gasteiger partial charge in [-0.3, -0.25) is 4.79 Å². The van der Waals surface area contributed by atoms with Gasteiger partial charge < -0.3 is 15.4 Å². The van der Waals surface area contributed by atoms with Crippen molar-refractivity contribution in [2.45, 2.75) is 19.5 Å². The first kappa shape index (κ1) is 15.0. The van der Waals surface area contributed by atoms with Crippen LogP contribution in [0.25, 0.3) is 0 Å². The number of hydrogen-bond donors (Lipinski definition) is 2. The molecule has 0 bridgehead atoms. The third-order valence-corrected chi connectivity index (χ3v) is 3.38. The van der Waals surface area contributed by atoms with Crippen molar-refractivity contribution in [3.05, 3.63) is 23.2 Å². The number of hydrogen-bond acceptors (Lipinski definition) is 3. The molecular formula is C13H15ClF2N2O2. The summed E-state index contributed by atoms with van der Waals surface area (Å²) in [6.45, 7) is -1.36. The Labute approximate surface area is 120 Å². The van der Waals surface area contributed by atoms with E-state index in [9.17, 15) is 13.6 Å². The number of alkyl halides is 2. The van der Waals surface area contributed by atoms with E-state index in [0.717, 1.165) is 19.4 Å². The maximum absolute atomic E-state index is 12.1. The molecule has 1 atom stereocenters. The molecule has 1 fully saturated rings. The van der Waals surface area contributed by atoms with E-state index in [1.165, 1.54) is 18.2 Å². The number of piperidine rings is 1. The summed E-state index contributed by atoms with van der Waals surface area (Å²) in [6, 6.07) is 4.19. The largest absolute Gasteiger partial charge is 0.433 e. The smallest absolute Gasteiger partial charge is 0.387 e. The number of halogens is 3. The first-order valence-electron chi connectivity index (χ1n) is 6.32. The summed E-state index contributed by atoms with van der Waals surface area (Å²) in [5.41, 5.74) is 0.465. The summed E-state index contributed by atoms with van der Waals surface area (Å²) in [4.78, 5) is 12.0. The normalized spacial score (nSPS) is 18.9. The maximum Gasteiger partial charge on any atom is 0.387 e. The lowest BCUT2D eigenvalue weighted by molar-refractivity contribution is -0.120. The van der Waals surface area contributed by atoms with Crippen molar-refractivity contribution in [1.82, 2.24) is 5.32 Å². The zero-order valence-electron chi connectivity index (χ0n) is 10.7. The van der Waals surface area contributed by atoms with Gasteiger partial charge >= 0.3 is 6.61 Å². The van der Waals surface area contributed by atoms with Crippen LogP contribution in [0.4, 0.5) is 14.5 Å². The van der Waals surface area contributed by atoms with E-state index >= 15 is 0 Å². The molecule has 4 nitrogen and oxygen atoms in total. The van der Waals surface area contributed by atoms with E-state index in [-0.39, 0.29) is 22.6 Å². The van der Waals surface area contributed by atoms with Gasteiger partial charge in [0.05, 0.1) is 10.9 Å². The summed E-state index contributed by atoms with van der Waals surface area (Å²) < 4.78 is 28.4. The Kier molecular flexibility index (Phi) is 5.14. The minimum atomic E-state index is -2.93. The molecule has 0 radical (unpaired) electrons. The quantitative estimate of drug-likeness (QED) is 0.899. The highest BCUT2D eigenvalue weighted by Crippen LogP contribution is 2.29. The van der Waals surface area contributed by atoms with Gasteiger partial charge in [0.1, 0.15) is 5.75 Å². The van der Waals surface area contributed by atoms with E-state index in [2.05, 4.69) is 15.4 Å². The van der Waals surface area contributed by atoms with Gasteiger partial charge in [0.15, 0.2) is 0 Å². The fraction of sp³-hybridized carbons (Fsp3) is 0.462. The average molecular weight is 305 g/mol. The van der Waals surface area contributed by atoms with Gasteiger partial charge in [-0.15, -0.1) is 0 Å². The topological polar surface area (TPSA) is 50.4 Å². The second-order valence-electron chi connectivity index (χ2n) is 4.56. The van der Waals surface area contributed by atoms with Crippen molar-refractivity contribution in [2.75, 3.05) is 18.4 Å². The molecule has 1 aliphatic rings. The van der Waals surface area contributed by atoms with Crippen LogP contribution in [0.5, 0.6) is 5.75 Å². The van der Waals surface area contributed by atoms with Gasteiger partial charge in [0.2, 0.25) is 5.91 Å². The Hall–Kier alpha value is -1.40. The molecule has 1 aliphatic heterocycles. The Morgan fingerprint density at radius 1 is 1.50 bits per heavy atom. The lowest BCUT2D eigenvalue weighted by Crippen LogP contribution is -2.37. The summed E-state index contributed by atoms with van der Waals surface area (Å²) in [5, 5.41) is 5.91. The number of ether oxygens (including phenoxy) is 1. The molecule has 110 valence electrons. The van der Waals surface area contributed by atoms with Gasteiger partial charge in [-0.1, -0.05) is 11.6 Å². The molecule has 20 heavy (non-hydrogen) atoms. The van der Waals surface area contributed by atoms with Crippen LogP contribution in [0.3, 0.4) is 0 Å². The van der Waals surface area contributed by atoms with Crippen molar-refractivity contribution in [3.63, 3.8) is 0 Å². The van der Waals surface area contributed by atoms with E-state index in [0.29, 0.717) is 12.2 Å². The van der Waals surface area contributed by atoms with Crippen LogP contribution in [-0.2, 0) is 4.79 Å². The highest BCUT2D eigenvalue weighted by atomic mass is 35.5. The van der Waals surface area contributed by atoms with Crippen molar-refractivity contribution in [3.8, 4) is 5.75 Å². The monoisotopic (exact) mass is 304 g/mol. The molecule has 2 N–H and O–H groups in total. The molecule has 1 aromatic carbocycles. The molecule has 1 saturated heterocycles. The van der Waals surface area contributed by atoms with Crippen LogP contribution >= 0.6 is 11.6 Å². The Bertz CT molecular complexity index is 479. The fourth-order valence-electron chi connectivity index (χ4n) is 2.09. The highest BCUT2D eigenvalue weighted by Gasteiger charge is 2.21. The molecule has 0 spiro atoms. The zero-order valence-corrected chi connectivity index (χ0v) is 11.4. The summed E-state index contributed by atoms with van der Waals surface area (Å²) >= 11 is 5.82. The number of amides is 1. The van der Waals surface area contributed by atoms with Crippen molar-refractivity contribution < 1.29 is 18.3 Å². The number of rotatable bonds is 4. The molecule has 1 heterocycles. The molecule has 0 aliphatic carbocycles. The fourth-order valence-corrected chi connectivity index (χ4v) is 2.32. The minimum absolute atomic E-state index is 0.0323. The lowest BCUT2D eigenvalue weighted by Gasteiger charge is -2.22. The zero-order chi connectivity index (χ0) is 14.5. The highest BCUT2D eigenvalue weighted by molar-refractivity contribution is 6.32. The first-order chi connectivity index (χ1) is 9.56. The van der Waals surface area contributed by atoms with E-state index < -0.39 is 6.61 Å². The first-order valence-corrected chi connectivity index (χ1v) is 6.70. The molecule has 0 aromatic heterocycles. The van der Waals surface area contributed by atoms with E-state index in [4.69, 9.17) is 11.6 Å². The third kappa shape index (κ3) is 4.05. The molecule has 1 amide bonds. The molecule has 1 aromatic rings. The number of nitrogens with one attached hydrogen (secondary N) is 2. The van der Waals surface area contributed by atoms with Gasteiger partial charge in [0.25, 0.3) is 0 Å². The molecule has 0 saturated carbocycles. The van der Waals surface area contributed by atoms with E-state index in [1.807, 2.05) is 0 Å². The number of benzene rings is 1. The van der Waals surface area contributed by atoms with Crippen LogP contribution in [0.1, 0.15) is 12.8 Å². The minimum Gasteiger partial charge on any atom is -0.433 e. The van der Waals surface area contributed by atoms with Gasteiger partial charge in [-0.25, -0.2) is 0 Å². The van der Waals surface area contributed by atoms with Gasteiger partial charge in [0, 0.05) is 12.2 Å². The van der Waals surface area contributed by atoms with Crippen LogP contribution < -0.4 is 15.4 Å². The number of carbonyl (C=O) groups excluding carboxylic acids is 1. The van der Waals surface area contributed by atoms with Crippen molar-refractivity contribution in [1.29, 1.82) is 0 Å². The Balaban J connectivity index is 1.99. The summed E-state index contributed by atoms with van der Waals surface area (Å²) in [7, 11) is 0. The SMILES string of the molecule is O=C(Nc1ccc(OC(F)F)c(Cl)c1)[C@H]1CCCNC1. The second-order valence-corrected chi connectivity index (χ2v) is 4.96. The molecule has 2 rings (SSSR count). The van der Waals surface area contributed by atoms with Crippen LogP contribution in [0, 0.1) is 5.92 Å². The average Bonchev–Trinajstić information content (AvgIpc) is 2.42. The summed E-state index contributed by atoms with van der Waals surface area (Å²) in [6.07, 6.45) is 1.79. The molecule has 7 heteroatoms. The standard InChI is InChI=1S/C13H15ClF2N2O2/c14-10-6-9(3-4-11(10)20-13(15)16)18-12(19)8-2-1-5-17-7-8/h3-4,6,8,13,17H,1-2,5,7H2,(H,18,19)/t8-/m0/s1. The predicted molar refractivity (Wildman–Crippen MR) is 72.3 cm³/mol. The van der Waals surface area contributed by atoms with Crippen LogP contribution in [0.15, 0.2) is 18.2 Å². The maximum atomic E-state index is 12.1. The van der Waals surface area contributed by atoms with Crippen LogP contribution in [0.2, 0.25) is 5.02 Å². The Morgan fingerprint density at radius 2 is 2.30 bits per heavy atom. The number of anilines is 1. The van der Waals surface area contributed by atoms with Crippen molar-refractivity contribution in [2.24, 2.45) is 5.92 Å². The number of carbonyl (C=O) groups is 1. The predicted octanol–water partition coefficient (Wildman–Crippen LogP) is 2.88. The van der Waals surface area contributed by atoms with Crippen molar-refractivity contribution >= 4 is 23.2 Å². The van der Waals surface area contributed by atoms with E-state index in [1.54, 1.807) is 0 Å². The second kappa shape index (κ2) is 6.85. The molecule has 0 unspecified atom stereocenters. The third-order valence-electron chi connectivity index (χ3n) is 3.08. The Morgan fingerprint density at radius 3 is 2.90 bits per heavy atom. The molecular weight excluding hydrogens is 290 g/mol. The lowest BCUT2D eigenvalue weighted by atomic mass is 9.99.